The van der Waals surface area contributed by atoms with E-state index in [2.05, 4.69) is 49.3 Å². The molecule has 0 spiro atoms. The molecule has 6 heteroatoms. The largest absolute Gasteiger partial charge is 0.373 e. The number of ether oxygens (including phenoxy) is 1. The van der Waals surface area contributed by atoms with E-state index < -0.39 is 0 Å². The molecular formula is C18H28N4OS. The fourth-order valence-electron chi connectivity index (χ4n) is 3.03. The molecule has 0 bridgehead atoms. The van der Waals surface area contributed by atoms with Gasteiger partial charge in [-0.05, 0) is 13.3 Å². The van der Waals surface area contributed by atoms with Gasteiger partial charge in [0.2, 0.25) is 0 Å². The molecule has 1 aliphatic heterocycles. The molecule has 0 saturated carbocycles. The van der Waals surface area contributed by atoms with Gasteiger partial charge in [-0.1, -0.05) is 20.8 Å². The zero-order valence-electron chi connectivity index (χ0n) is 15.1. The van der Waals surface area contributed by atoms with Crippen molar-refractivity contribution in [3.8, 4) is 0 Å². The molecule has 132 valence electrons. The summed E-state index contributed by atoms with van der Waals surface area (Å²) >= 11 is 1.81. The van der Waals surface area contributed by atoms with Gasteiger partial charge in [0.15, 0.2) is 0 Å². The number of hydrogen-bond donors (Lipinski definition) is 1. The highest BCUT2D eigenvalue weighted by Crippen LogP contribution is 2.34. The fraction of sp³-hybridized carbons (Fsp3) is 0.667. The number of hydrogen-bond acceptors (Lipinski definition) is 5. The van der Waals surface area contributed by atoms with Crippen LogP contribution in [0.1, 0.15) is 55.7 Å². The summed E-state index contributed by atoms with van der Waals surface area (Å²) in [4.78, 5) is 5.86. The highest BCUT2D eigenvalue weighted by Gasteiger charge is 2.30. The molecule has 1 saturated heterocycles. The van der Waals surface area contributed by atoms with Gasteiger partial charge in [-0.25, -0.2) is 4.98 Å². The molecular weight excluding hydrogens is 320 g/mol. The maximum absolute atomic E-state index is 5.96. The van der Waals surface area contributed by atoms with Crippen molar-refractivity contribution in [1.82, 2.24) is 20.1 Å². The number of aromatic nitrogens is 3. The van der Waals surface area contributed by atoms with Crippen molar-refractivity contribution in [2.45, 2.75) is 58.7 Å². The van der Waals surface area contributed by atoms with Gasteiger partial charge in [-0.3, -0.25) is 4.68 Å². The zero-order chi connectivity index (χ0) is 17.2. The highest BCUT2D eigenvalue weighted by atomic mass is 32.1. The van der Waals surface area contributed by atoms with Crippen LogP contribution in [0.4, 0.5) is 0 Å². The molecule has 2 unspecified atom stereocenters. The zero-order valence-corrected chi connectivity index (χ0v) is 15.9. The van der Waals surface area contributed by atoms with Crippen molar-refractivity contribution < 1.29 is 4.74 Å². The van der Waals surface area contributed by atoms with E-state index in [-0.39, 0.29) is 11.5 Å². The Kier molecular flexibility index (Phi) is 5.37. The Morgan fingerprint density at radius 1 is 1.38 bits per heavy atom. The first-order valence-electron chi connectivity index (χ1n) is 8.77. The Labute approximate surface area is 148 Å². The lowest BCUT2D eigenvalue weighted by Crippen LogP contribution is -2.24. The Balaban J connectivity index is 1.53. The predicted octanol–water partition coefficient (Wildman–Crippen LogP) is 3.52. The molecule has 1 aliphatic rings. The molecule has 0 aromatic carbocycles. The Morgan fingerprint density at radius 3 is 2.88 bits per heavy atom. The molecule has 1 N–H and O–H groups in total. The Morgan fingerprint density at radius 2 is 2.21 bits per heavy atom. The van der Waals surface area contributed by atoms with Gasteiger partial charge < -0.3 is 10.1 Å². The third-order valence-corrected chi connectivity index (χ3v) is 5.84. The van der Waals surface area contributed by atoms with Crippen molar-refractivity contribution in [3.05, 3.63) is 34.0 Å². The average molecular weight is 349 g/mol. The molecule has 1 fully saturated rings. The van der Waals surface area contributed by atoms with Crippen LogP contribution < -0.4 is 5.32 Å². The molecule has 24 heavy (non-hydrogen) atoms. The van der Waals surface area contributed by atoms with Crippen LogP contribution >= 0.6 is 11.3 Å². The summed E-state index contributed by atoms with van der Waals surface area (Å²) in [6.07, 6.45) is 7.34. The molecule has 2 aromatic rings. The van der Waals surface area contributed by atoms with Crippen molar-refractivity contribution in [2.24, 2.45) is 5.92 Å². The minimum absolute atomic E-state index is 0.132. The van der Waals surface area contributed by atoms with Gasteiger partial charge in [-0.2, -0.15) is 5.10 Å². The van der Waals surface area contributed by atoms with Gasteiger partial charge in [0.25, 0.3) is 0 Å². The van der Waals surface area contributed by atoms with Gasteiger partial charge in [-0.15, -0.1) is 11.3 Å². The van der Waals surface area contributed by atoms with Gasteiger partial charge in [0.05, 0.1) is 17.3 Å². The van der Waals surface area contributed by atoms with Crippen LogP contribution in [0.5, 0.6) is 0 Å². The number of rotatable bonds is 6. The number of aryl methyl sites for hydroxylation is 1. The summed E-state index contributed by atoms with van der Waals surface area (Å²) in [5, 5.41) is 9.17. The number of nitrogens with one attached hydrogen (secondary N) is 1. The molecule has 2 atom stereocenters. The summed E-state index contributed by atoms with van der Waals surface area (Å²) in [6.45, 7) is 12.3. The summed E-state index contributed by atoms with van der Waals surface area (Å²) in [5.74, 6) is 0.509. The second kappa shape index (κ2) is 7.33. The molecule has 3 rings (SSSR count). The van der Waals surface area contributed by atoms with Crippen molar-refractivity contribution in [2.75, 3.05) is 13.2 Å². The van der Waals surface area contributed by atoms with Crippen molar-refractivity contribution in [3.63, 3.8) is 0 Å². The normalized spacial score (nSPS) is 21.5. The van der Waals surface area contributed by atoms with E-state index in [0.29, 0.717) is 5.92 Å². The van der Waals surface area contributed by atoms with E-state index >= 15 is 0 Å². The lowest BCUT2D eigenvalue weighted by molar-refractivity contribution is 0.0904. The van der Waals surface area contributed by atoms with Crippen LogP contribution in [-0.2, 0) is 23.2 Å². The van der Waals surface area contributed by atoms with E-state index in [0.717, 1.165) is 32.7 Å². The van der Waals surface area contributed by atoms with Crippen LogP contribution in [0.15, 0.2) is 18.6 Å². The lowest BCUT2D eigenvalue weighted by Gasteiger charge is -2.17. The van der Waals surface area contributed by atoms with Gasteiger partial charge in [0, 0.05) is 60.4 Å². The third kappa shape index (κ3) is 4.05. The molecule has 0 amide bonds. The lowest BCUT2D eigenvalue weighted by atomic mass is 9.97. The summed E-state index contributed by atoms with van der Waals surface area (Å²) < 4.78 is 7.92. The van der Waals surface area contributed by atoms with E-state index in [1.165, 1.54) is 15.4 Å². The van der Waals surface area contributed by atoms with Gasteiger partial charge in [0.1, 0.15) is 0 Å². The maximum Gasteiger partial charge on any atom is 0.0981 e. The molecule has 3 heterocycles. The topological polar surface area (TPSA) is 52.0 Å². The third-order valence-electron chi connectivity index (χ3n) is 4.42. The minimum Gasteiger partial charge on any atom is -0.373 e. The Bertz CT molecular complexity index is 658. The monoisotopic (exact) mass is 348 g/mol. The minimum atomic E-state index is 0.132. The molecule has 0 radical (unpaired) electrons. The molecule has 0 aliphatic carbocycles. The molecule has 5 nitrogen and oxygen atoms in total. The van der Waals surface area contributed by atoms with E-state index in [1.54, 1.807) is 0 Å². The smallest absolute Gasteiger partial charge is 0.0981 e. The summed E-state index contributed by atoms with van der Waals surface area (Å²) in [6, 6.07) is 0. The fourth-order valence-corrected chi connectivity index (χ4v) is 3.97. The summed E-state index contributed by atoms with van der Waals surface area (Å²) in [7, 11) is 0. The first-order valence-corrected chi connectivity index (χ1v) is 9.59. The van der Waals surface area contributed by atoms with E-state index in [1.807, 2.05) is 28.4 Å². The highest BCUT2D eigenvalue weighted by molar-refractivity contribution is 7.11. The predicted molar refractivity (Wildman–Crippen MR) is 97.2 cm³/mol. The number of thiazole rings is 1. The Hall–Kier alpha value is -1.24. The van der Waals surface area contributed by atoms with Crippen LogP contribution in [0, 0.1) is 5.92 Å². The first-order chi connectivity index (χ1) is 11.5. The van der Waals surface area contributed by atoms with E-state index in [9.17, 15) is 0 Å². The second-order valence-corrected chi connectivity index (χ2v) is 8.60. The van der Waals surface area contributed by atoms with Crippen LogP contribution in [0.2, 0.25) is 0 Å². The maximum atomic E-state index is 5.96. The average Bonchev–Trinajstić information content (AvgIpc) is 3.26. The van der Waals surface area contributed by atoms with Crippen LogP contribution in [-0.4, -0.2) is 27.9 Å². The quantitative estimate of drug-likeness (QED) is 0.868. The molecule has 2 aromatic heterocycles. The van der Waals surface area contributed by atoms with Crippen LogP contribution in [0.25, 0.3) is 0 Å². The SMILES string of the molecule is CCn1cc(C2OCCC2CNCc2cnc(C(C)(C)C)s2)cn1. The van der Waals surface area contributed by atoms with E-state index in [4.69, 9.17) is 4.74 Å². The number of nitrogens with zero attached hydrogens (tertiary/aromatic N) is 3. The van der Waals surface area contributed by atoms with Gasteiger partial charge >= 0.3 is 0 Å². The standard InChI is InChI=1S/C18H28N4OS/c1-5-22-12-14(9-21-22)16-13(6-7-23-16)8-19-10-15-11-20-17(24-15)18(2,3)4/h9,11-13,16,19H,5-8,10H2,1-4H3. The second-order valence-electron chi connectivity index (χ2n) is 7.48. The van der Waals surface area contributed by atoms with Crippen LogP contribution in [0.3, 0.4) is 0 Å². The van der Waals surface area contributed by atoms with Crippen molar-refractivity contribution >= 4 is 11.3 Å². The first kappa shape index (κ1) is 17.6. The summed E-state index contributed by atoms with van der Waals surface area (Å²) in [5.41, 5.74) is 1.33. The van der Waals surface area contributed by atoms with Crippen molar-refractivity contribution in [1.29, 1.82) is 0 Å².